The lowest BCUT2D eigenvalue weighted by Gasteiger charge is -2.04. The Morgan fingerprint density at radius 3 is 2.92 bits per heavy atom. The highest BCUT2D eigenvalue weighted by molar-refractivity contribution is 6.27. The predicted octanol–water partition coefficient (Wildman–Crippen LogP) is 1.48. The molecule has 0 amide bonds. The number of fused-ring (bicyclic) bond motifs is 1. The maximum Gasteiger partial charge on any atom is 0.202 e. The molecule has 0 saturated carbocycles. The molecular formula is C11H10O2. The van der Waals surface area contributed by atoms with Gasteiger partial charge in [-0.25, -0.2) is 0 Å². The second-order valence-corrected chi connectivity index (χ2v) is 3.31. The molecular weight excluding hydrogens is 164 g/mol. The summed E-state index contributed by atoms with van der Waals surface area (Å²) in [5.41, 5.74) is 2.25. The van der Waals surface area contributed by atoms with Crippen molar-refractivity contribution >= 4 is 12.1 Å². The average molecular weight is 174 g/mol. The number of ketones is 1. The van der Waals surface area contributed by atoms with Gasteiger partial charge < -0.3 is 0 Å². The molecule has 0 radical (unpaired) electrons. The van der Waals surface area contributed by atoms with Gasteiger partial charge in [0.05, 0.1) is 5.92 Å². The van der Waals surface area contributed by atoms with Crippen LogP contribution in [0, 0.1) is 0 Å². The second-order valence-electron chi connectivity index (χ2n) is 3.31. The van der Waals surface area contributed by atoms with E-state index in [1.807, 2.05) is 24.3 Å². The minimum atomic E-state index is -0.287. The van der Waals surface area contributed by atoms with E-state index in [2.05, 4.69) is 0 Å². The van der Waals surface area contributed by atoms with Crippen LogP contribution in [0.1, 0.15) is 23.5 Å². The number of aryl methyl sites for hydroxylation is 1. The Morgan fingerprint density at radius 2 is 2.15 bits per heavy atom. The summed E-state index contributed by atoms with van der Waals surface area (Å²) in [6.45, 7) is 0. The van der Waals surface area contributed by atoms with Gasteiger partial charge in [0.1, 0.15) is 0 Å². The molecule has 0 heterocycles. The zero-order chi connectivity index (χ0) is 9.26. The van der Waals surface area contributed by atoms with Crippen molar-refractivity contribution in [3.8, 4) is 0 Å². The summed E-state index contributed by atoms with van der Waals surface area (Å²) >= 11 is 0. The van der Waals surface area contributed by atoms with Crippen molar-refractivity contribution in [2.24, 2.45) is 0 Å². The van der Waals surface area contributed by atoms with Crippen LogP contribution in [-0.2, 0) is 16.0 Å². The van der Waals surface area contributed by atoms with Gasteiger partial charge in [0, 0.05) is 0 Å². The van der Waals surface area contributed by atoms with E-state index < -0.39 is 0 Å². The van der Waals surface area contributed by atoms with Crippen molar-refractivity contribution in [1.29, 1.82) is 0 Å². The van der Waals surface area contributed by atoms with Crippen LogP contribution in [0.4, 0.5) is 0 Å². The molecule has 0 bridgehead atoms. The number of Topliss-reactive ketones (excluding diaryl/α,β-unsaturated/α-hetero) is 1. The number of hydrogen-bond donors (Lipinski definition) is 0. The van der Waals surface area contributed by atoms with E-state index in [0.717, 1.165) is 18.4 Å². The van der Waals surface area contributed by atoms with E-state index in [0.29, 0.717) is 6.29 Å². The minimum Gasteiger partial charge on any atom is -0.295 e. The smallest absolute Gasteiger partial charge is 0.202 e. The Bertz CT molecular complexity index is 355. The van der Waals surface area contributed by atoms with Crippen molar-refractivity contribution < 1.29 is 9.59 Å². The van der Waals surface area contributed by atoms with Gasteiger partial charge in [-0.1, -0.05) is 24.3 Å². The molecule has 1 unspecified atom stereocenters. The van der Waals surface area contributed by atoms with Gasteiger partial charge in [0.2, 0.25) is 5.78 Å². The minimum absolute atomic E-state index is 0.173. The van der Waals surface area contributed by atoms with Crippen LogP contribution in [0.2, 0.25) is 0 Å². The first kappa shape index (κ1) is 8.17. The van der Waals surface area contributed by atoms with Gasteiger partial charge in [0.25, 0.3) is 0 Å². The molecule has 1 aliphatic rings. The first-order valence-electron chi connectivity index (χ1n) is 4.40. The largest absolute Gasteiger partial charge is 0.295 e. The number of carbonyl (C=O) groups is 2. The lowest BCUT2D eigenvalue weighted by atomic mass is 9.98. The molecule has 1 aromatic rings. The molecule has 13 heavy (non-hydrogen) atoms. The van der Waals surface area contributed by atoms with Gasteiger partial charge in [-0.15, -0.1) is 0 Å². The highest BCUT2D eigenvalue weighted by atomic mass is 16.2. The molecule has 0 N–H and O–H groups in total. The molecule has 2 heteroatoms. The molecule has 2 rings (SSSR count). The molecule has 0 saturated heterocycles. The van der Waals surface area contributed by atoms with E-state index in [-0.39, 0.29) is 11.7 Å². The molecule has 1 aliphatic carbocycles. The molecule has 0 fully saturated rings. The molecule has 0 aliphatic heterocycles. The third kappa shape index (κ3) is 1.28. The van der Waals surface area contributed by atoms with Crippen molar-refractivity contribution in [3.63, 3.8) is 0 Å². The van der Waals surface area contributed by atoms with Gasteiger partial charge in [0.15, 0.2) is 6.29 Å². The quantitative estimate of drug-likeness (QED) is 0.502. The molecule has 0 aromatic heterocycles. The maximum absolute atomic E-state index is 11.2. The van der Waals surface area contributed by atoms with Crippen molar-refractivity contribution in [2.75, 3.05) is 0 Å². The maximum atomic E-state index is 11.2. The summed E-state index contributed by atoms with van der Waals surface area (Å²) in [7, 11) is 0. The summed E-state index contributed by atoms with van der Waals surface area (Å²) in [5.74, 6) is -0.460. The Morgan fingerprint density at radius 1 is 1.38 bits per heavy atom. The first-order valence-corrected chi connectivity index (χ1v) is 4.40. The number of rotatable bonds is 2. The summed E-state index contributed by atoms with van der Waals surface area (Å²) in [4.78, 5) is 21.6. The Hall–Kier alpha value is -1.44. The van der Waals surface area contributed by atoms with Crippen LogP contribution in [0.5, 0.6) is 0 Å². The third-order valence-electron chi connectivity index (χ3n) is 2.59. The van der Waals surface area contributed by atoms with Gasteiger partial charge >= 0.3 is 0 Å². The Labute approximate surface area is 76.6 Å². The monoisotopic (exact) mass is 174 g/mol. The van der Waals surface area contributed by atoms with Crippen LogP contribution in [-0.4, -0.2) is 12.1 Å². The number of aldehydes is 1. The molecule has 0 spiro atoms. The summed E-state index contributed by atoms with van der Waals surface area (Å²) in [5, 5.41) is 0. The lowest BCUT2D eigenvalue weighted by Crippen LogP contribution is -2.10. The predicted molar refractivity (Wildman–Crippen MR) is 48.6 cm³/mol. The second kappa shape index (κ2) is 3.13. The van der Waals surface area contributed by atoms with E-state index in [4.69, 9.17) is 0 Å². The third-order valence-corrected chi connectivity index (χ3v) is 2.59. The van der Waals surface area contributed by atoms with Crippen molar-refractivity contribution in [1.82, 2.24) is 0 Å². The highest BCUT2D eigenvalue weighted by Crippen LogP contribution is 2.32. The number of benzene rings is 1. The molecule has 66 valence electrons. The summed E-state index contributed by atoms with van der Waals surface area (Å²) in [6.07, 6.45) is 2.14. The Kier molecular flexibility index (Phi) is 1.97. The lowest BCUT2D eigenvalue weighted by molar-refractivity contribution is -0.130. The van der Waals surface area contributed by atoms with Crippen LogP contribution in [0.3, 0.4) is 0 Å². The number of hydrogen-bond acceptors (Lipinski definition) is 2. The zero-order valence-electron chi connectivity index (χ0n) is 7.19. The van der Waals surface area contributed by atoms with Crippen LogP contribution >= 0.6 is 0 Å². The van der Waals surface area contributed by atoms with Gasteiger partial charge in [-0.3, -0.25) is 9.59 Å². The van der Waals surface area contributed by atoms with E-state index in [9.17, 15) is 9.59 Å². The normalized spacial score (nSPS) is 19.5. The van der Waals surface area contributed by atoms with Crippen LogP contribution in [0.25, 0.3) is 0 Å². The van der Waals surface area contributed by atoms with E-state index in [1.54, 1.807) is 0 Å². The Balaban J connectivity index is 2.38. The van der Waals surface area contributed by atoms with Crippen LogP contribution in [0.15, 0.2) is 24.3 Å². The fourth-order valence-corrected chi connectivity index (χ4v) is 1.93. The molecule has 1 atom stereocenters. The van der Waals surface area contributed by atoms with Crippen LogP contribution < -0.4 is 0 Å². The molecule has 2 nitrogen and oxygen atoms in total. The van der Waals surface area contributed by atoms with E-state index in [1.165, 1.54) is 5.56 Å². The number of carbonyl (C=O) groups excluding carboxylic acids is 2. The topological polar surface area (TPSA) is 34.1 Å². The fraction of sp³-hybridized carbons (Fsp3) is 0.273. The zero-order valence-corrected chi connectivity index (χ0v) is 7.19. The average Bonchev–Trinajstić information content (AvgIpc) is 2.60. The van der Waals surface area contributed by atoms with Gasteiger partial charge in [-0.05, 0) is 24.0 Å². The van der Waals surface area contributed by atoms with Crippen molar-refractivity contribution in [3.05, 3.63) is 35.4 Å². The van der Waals surface area contributed by atoms with Gasteiger partial charge in [-0.2, -0.15) is 0 Å². The summed E-state index contributed by atoms with van der Waals surface area (Å²) in [6, 6.07) is 7.84. The van der Waals surface area contributed by atoms with Crippen molar-refractivity contribution in [2.45, 2.75) is 18.8 Å². The first-order chi connectivity index (χ1) is 6.33. The fourth-order valence-electron chi connectivity index (χ4n) is 1.93. The molecule has 1 aromatic carbocycles. The highest BCUT2D eigenvalue weighted by Gasteiger charge is 2.27. The SMILES string of the molecule is O=CC(=O)C1CCc2ccccc21. The van der Waals surface area contributed by atoms with E-state index >= 15 is 0 Å². The standard InChI is InChI=1S/C11H10O2/c12-7-11(13)10-6-5-8-3-1-2-4-9(8)10/h1-4,7,10H,5-6H2. The summed E-state index contributed by atoms with van der Waals surface area (Å²) < 4.78 is 0.